The van der Waals surface area contributed by atoms with Gasteiger partial charge in [-0.25, -0.2) is 9.97 Å². The van der Waals surface area contributed by atoms with Gasteiger partial charge in [-0.2, -0.15) is 0 Å². The van der Waals surface area contributed by atoms with Crippen LogP contribution in [0.5, 0.6) is 0 Å². The van der Waals surface area contributed by atoms with Crippen molar-refractivity contribution in [3.63, 3.8) is 0 Å². The number of hydrogen-bond acceptors (Lipinski definition) is 4. The molecule has 0 fully saturated rings. The van der Waals surface area contributed by atoms with Crippen LogP contribution in [0, 0.1) is 0 Å². The standard InChI is InChI=1S/C8H12N4/c1-8(2)4-10-6-3-9-5-11-7(6)12-8/h3,5,10H,4H2,1-2H3,(H,9,11,12). The summed E-state index contributed by atoms with van der Waals surface area (Å²) >= 11 is 0. The highest BCUT2D eigenvalue weighted by molar-refractivity contribution is 5.66. The molecule has 0 bridgehead atoms. The minimum absolute atomic E-state index is 0.0708. The van der Waals surface area contributed by atoms with Gasteiger partial charge in [-0.15, -0.1) is 0 Å². The van der Waals surface area contributed by atoms with Gasteiger partial charge in [0.15, 0.2) is 5.82 Å². The summed E-state index contributed by atoms with van der Waals surface area (Å²) in [4.78, 5) is 8.06. The van der Waals surface area contributed by atoms with Crippen LogP contribution >= 0.6 is 0 Å². The third-order valence-electron chi connectivity index (χ3n) is 1.89. The van der Waals surface area contributed by atoms with Gasteiger partial charge < -0.3 is 10.6 Å². The quantitative estimate of drug-likeness (QED) is 0.602. The molecule has 2 rings (SSSR count). The Hall–Kier alpha value is -1.32. The number of nitrogens with zero attached hydrogens (tertiary/aromatic N) is 2. The van der Waals surface area contributed by atoms with Crippen LogP contribution < -0.4 is 10.6 Å². The Labute approximate surface area is 71.4 Å². The average molecular weight is 164 g/mol. The summed E-state index contributed by atoms with van der Waals surface area (Å²) < 4.78 is 0. The molecule has 0 radical (unpaired) electrons. The first-order valence-electron chi connectivity index (χ1n) is 3.99. The third-order valence-corrected chi connectivity index (χ3v) is 1.89. The van der Waals surface area contributed by atoms with E-state index < -0.39 is 0 Å². The van der Waals surface area contributed by atoms with Crippen LogP contribution in [0.25, 0.3) is 0 Å². The smallest absolute Gasteiger partial charge is 0.153 e. The van der Waals surface area contributed by atoms with E-state index in [9.17, 15) is 0 Å². The lowest BCUT2D eigenvalue weighted by molar-refractivity contribution is 0.584. The number of fused-ring (bicyclic) bond motifs is 1. The van der Waals surface area contributed by atoms with Gasteiger partial charge in [-0.1, -0.05) is 0 Å². The van der Waals surface area contributed by atoms with E-state index in [2.05, 4.69) is 34.4 Å². The van der Waals surface area contributed by atoms with E-state index in [0.29, 0.717) is 0 Å². The highest BCUT2D eigenvalue weighted by Crippen LogP contribution is 2.25. The fraction of sp³-hybridized carbons (Fsp3) is 0.500. The van der Waals surface area contributed by atoms with Gasteiger partial charge in [0.05, 0.1) is 17.4 Å². The molecule has 4 heteroatoms. The molecule has 2 N–H and O–H groups in total. The zero-order valence-electron chi connectivity index (χ0n) is 7.26. The summed E-state index contributed by atoms with van der Waals surface area (Å²) in [7, 11) is 0. The van der Waals surface area contributed by atoms with Crippen LogP contribution in [-0.4, -0.2) is 22.1 Å². The van der Waals surface area contributed by atoms with Crippen molar-refractivity contribution < 1.29 is 0 Å². The third kappa shape index (κ3) is 1.20. The van der Waals surface area contributed by atoms with Crippen molar-refractivity contribution in [1.29, 1.82) is 0 Å². The number of hydrogen-bond donors (Lipinski definition) is 2. The van der Waals surface area contributed by atoms with Crippen LogP contribution in [0.1, 0.15) is 13.8 Å². The van der Waals surface area contributed by atoms with E-state index in [4.69, 9.17) is 0 Å². The lowest BCUT2D eigenvalue weighted by atomic mass is 10.0. The number of anilines is 2. The van der Waals surface area contributed by atoms with E-state index in [0.717, 1.165) is 18.1 Å². The lowest BCUT2D eigenvalue weighted by Gasteiger charge is -2.33. The Morgan fingerprint density at radius 1 is 1.50 bits per heavy atom. The van der Waals surface area contributed by atoms with Crippen molar-refractivity contribution in [2.75, 3.05) is 17.2 Å². The molecule has 0 aliphatic carbocycles. The summed E-state index contributed by atoms with van der Waals surface area (Å²) in [6.07, 6.45) is 3.33. The van der Waals surface area contributed by atoms with E-state index in [1.54, 1.807) is 12.5 Å². The van der Waals surface area contributed by atoms with Crippen molar-refractivity contribution in [1.82, 2.24) is 9.97 Å². The Balaban J connectivity index is 2.35. The van der Waals surface area contributed by atoms with Crippen LogP contribution in [-0.2, 0) is 0 Å². The first-order valence-corrected chi connectivity index (χ1v) is 3.99. The molecule has 0 amide bonds. The van der Waals surface area contributed by atoms with Gasteiger partial charge in [0.1, 0.15) is 6.33 Å². The maximum Gasteiger partial charge on any atom is 0.153 e. The molecule has 1 aliphatic heterocycles. The molecule has 0 unspecified atom stereocenters. The molecular weight excluding hydrogens is 152 g/mol. The molecular formula is C8H12N4. The number of aromatic nitrogens is 2. The van der Waals surface area contributed by atoms with Gasteiger partial charge in [0.2, 0.25) is 0 Å². The molecule has 2 heterocycles. The molecule has 0 spiro atoms. The first-order chi connectivity index (χ1) is 5.67. The summed E-state index contributed by atoms with van der Waals surface area (Å²) in [6, 6.07) is 0. The van der Waals surface area contributed by atoms with Gasteiger partial charge in [0, 0.05) is 6.54 Å². The zero-order chi connectivity index (χ0) is 8.60. The molecule has 0 aromatic carbocycles. The molecule has 1 aliphatic rings. The van der Waals surface area contributed by atoms with Gasteiger partial charge in [-0.05, 0) is 13.8 Å². The minimum atomic E-state index is 0.0708. The van der Waals surface area contributed by atoms with Gasteiger partial charge >= 0.3 is 0 Å². The van der Waals surface area contributed by atoms with E-state index in [-0.39, 0.29) is 5.54 Å². The monoisotopic (exact) mass is 164 g/mol. The van der Waals surface area contributed by atoms with Crippen molar-refractivity contribution in [2.45, 2.75) is 19.4 Å². The first kappa shape index (κ1) is 7.34. The second kappa shape index (κ2) is 2.33. The van der Waals surface area contributed by atoms with Gasteiger partial charge in [-0.3, -0.25) is 0 Å². The molecule has 1 aromatic heterocycles. The van der Waals surface area contributed by atoms with Crippen molar-refractivity contribution >= 4 is 11.5 Å². The molecule has 0 saturated carbocycles. The molecule has 0 saturated heterocycles. The van der Waals surface area contributed by atoms with Crippen LogP contribution in [0.2, 0.25) is 0 Å². The topological polar surface area (TPSA) is 49.8 Å². The molecule has 1 aromatic rings. The number of nitrogens with one attached hydrogen (secondary N) is 2. The number of rotatable bonds is 0. The van der Waals surface area contributed by atoms with Crippen molar-refractivity contribution in [3.8, 4) is 0 Å². The van der Waals surface area contributed by atoms with E-state index in [1.165, 1.54) is 0 Å². The Morgan fingerprint density at radius 2 is 2.33 bits per heavy atom. The minimum Gasteiger partial charge on any atom is -0.378 e. The maximum absolute atomic E-state index is 4.13. The SMILES string of the molecule is CC1(C)CNc2cncnc2N1. The van der Waals surface area contributed by atoms with Gasteiger partial charge in [0.25, 0.3) is 0 Å². The second-order valence-electron chi connectivity index (χ2n) is 3.65. The van der Waals surface area contributed by atoms with Crippen LogP contribution in [0.4, 0.5) is 11.5 Å². The Kier molecular flexibility index (Phi) is 1.43. The van der Waals surface area contributed by atoms with Crippen molar-refractivity contribution in [3.05, 3.63) is 12.5 Å². The summed E-state index contributed by atoms with van der Waals surface area (Å²) in [5, 5.41) is 6.59. The normalized spacial score (nSPS) is 18.8. The summed E-state index contributed by atoms with van der Waals surface area (Å²) in [5.41, 5.74) is 1.05. The molecule has 4 nitrogen and oxygen atoms in total. The summed E-state index contributed by atoms with van der Waals surface area (Å²) in [6.45, 7) is 5.16. The highest BCUT2D eigenvalue weighted by Gasteiger charge is 2.24. The fourth-order valence-electron chi connectivity index (χ4n) is 1.24. The molecule has 0 atom stereocenters. The van der Waals surface area contributed by atoms with Crippen LogP contribution in [0.15, 0.2) is 12.5 Å². The van der Waals surface area contributed by atoms with E-state index >= 15 is 0 Å². The molecule has 12 heavy (non-hydrogen) atoms. The maximum atomic E-state index is 4.13. The van der Waals surface area contributed by atoms with Crippen LogP contribution in [0.3, 0.4) is 0 Å². The Morgan fingerprint density at radius 3 is 3.17 bits per heavy atom. The van der Waals surface area contributed by atoms with Crippen molar-refractivity contribution in [2.24, 2.45) is 0 Å². The average Bonchev–Trinajstić information content (AvgIpc) is 2.02. The highest BCUT2D eigenvalue weighted by atomic mass is 15.2. The summed E-state index contributed by atoms with van der Waals surface area (Å²) in [5.74, 6) is 0.890. The zero-order valence-corrected chi connectivity index (χ0v) is 7.26. The lowest BCUT2D eigenvalue weighted by Crippen LogP contribution is -2.42. The van der Waals surface area contributed by atoms with E-state index in [1.807, 2.05) is 0 Å². The fourth-order valence-corrected chi connectivity index (χ4v) is 1.24. The largest absolute Gasteiger partial charge is 0.378 e. The molecule has 64 valence electrons. The second-order valence-corrected chi connectivity index (χ2v) is 3.65. The predicted molar refractivity (Wildman–Crippen MR) is 48.2 cm³/mol. The Bertz CT molecular complexity index is 295. The predicted octanol–water partition coefficient (Wildman–Crippen LogP) is 1.09.